The Morgan fingerprint density at radius 1 is 1.28 bits per heavy atom. The monoisotopic (exact) mass is 264 g/mol. The normalized spacial score (nSPS) is 9.61. The Morgan fingerprint density at radius 3 is 2.22 bits per heavy atom. The molecule has 0 aliphatic heterocycles. The Morgan fingerprint density at radius 2 is 1.83 bits per heavy atom. The van der Waals surface area contributed by atoms with Gasteiger partial charge in [0, 0.05) is 17.7 Å². The van der Waals surface area contributed by atoms with Crippen molar-refractivity contribution < 1.29 is 4.92 Å². The zero-order chi connectivity index (χ0) is 14.3. The number of non-ortho nitro benzene ring substituents is 1. The standard InChI is InChI=1S/C11H14N2O2Si.C2H6/c1-16(2,3)7-6-9-4-5-10(13(14)15)8-11(9)12;1-2/h4-5,8H,12H2,1-3H3;1-2H3. The molecule has 18 heavy (non-hydrogen) atoms. The lowest BCUT2D eigenvalue weighted by Crippen LogP contribution is -2.16. The van der Waals surface area contributed by atoms with Gasteiger partial charge in [-0.15, -0.1) is 5.54 Å². The van der Waals surface area contributed by atoms with Crippen LogP contribution in [0.1, 0.15) is 19.4 Å². The molecule has 1 aromatic rings. The maximum Gasteiger partial charge on any atom is 0.271 e. The third kappa shape index (κ3) is 5.50. The summed E-state index contributed by atoms with van der Waals surface area (Å²) in [5.41, 5.74) is 9.88. The second kappa shape index (κ2) is 6.82. The molecule has 0 unspecified atom stereocenters. The van der Waals surface area contributed by atoms with Crippen LogP contribution >= 0.6 is 0 Å². The van der Waals surface area contributed by atoms with E-state index in [9.17, 15) is 10.1 Å². The molecule has 0 amide bonds. The quantitative estimate of drug-likeness (QED) is 0.278. The van der Waals surface area contributed by atoms with Gasteiger partial charge in [-0.05, 0) is 6.07 Å². The SMILES string of the molecule is CC.C[Si](C)(C)C#Cc1ccc([N+](=O)[O-])cc1N. The number of rotatable bonds is 1. The highest BCUT2D eigenvalue weighted by molar-refractivity contribution is 6.83. The van der Waals surface area contributed by atoms with Crippen molar-refractivity contribution in [1.82, 2.24) is 0 Å². The van der Waals surface area contributed by atoms with Crippen molar-refractivity contribution in [3.8, 4) is 11.5 Å². The van der Waals surface area contributed by atoms with Gasteiger partial charge in [0.25, 0.3) is 5.69 Å². The number of nitro benzene ring substituents is 1. The van der Waals surface area contributed by atoms with Crippen LogP contribution in [-0.4, -0.2) is 13.0 Å². The molecule has 0 saturated carbocycles. The predicted molar refractivity (Wildman–Crippen MR) is 79.1 cm³/mol. The molecule has 0 heterocycles. The van der Waals surface area contributed by atoms with Gasteiger partial charge in [0.1, 0.15) is 8.07 Å². The number of anilines is 1. The Balaban J connectivity index is 0.00000137. The van der Waals surface area contributed by atoms with Gasteiger partial charge in [-0.2, -0.15) is 0 Å². The van der Waals surface area contributed by atoms with Gasteiger partial charge in [-0.3, -0.25) is 10.1 Å². The van der Waals surface area contributed by atoms with Gasteiger partial charge in [-0.1, -0.05) is 39.4 Å². The van der Waals surface area contributed by atoms with Gasteiger partial charge in [-0.25, -0.2) is 0 Å². The van der Waals surface area contributed by atoms with E-state index in [1.807, 2.05) is 13.8 Å². The number of hydrogen-bond acceptors (Lipinski definition) is 3. The van der Waals surface area contributed by atoms with Gasteiger partial charge < -0.3 is 5.73 Å². The summed E-state index contributed by atoms with van der Waals surface area (Å²) in [6, 6.07) is 4.36. The Bertz CT molecular complexity index is 482. The van der Waals surface area contributed by atoms with E-state index in [0.717, 1.165) is 0 Å². The van der Waals surface area contributed by atoms with Gasteiger partial charge in [0.15, 0.2) is 0 Å². The van der Waals surface area contributed by atoms with Crippen molar-refractivity contribution in [1.29, 1.82) is 0 Å². The van der Waals surface area contributed by atoms with E-state index < -0.39 is 13.0 Å². The maximum atomic E-state index is 10.5. The molecular formula is C13H20N2O2Si. The fourth-order valence-corrected chi connectivity index (χ4v) is 1.54. The fourth-order valence-electron chi connectivity index (χ4n) is 1.03. The summed E-state index contributed by atoms with van der Waals surface area (Å²) in [6.07, 6.45) is 0. The van der Waals surface area contributed by atoms with Crippen LogP contribution in [-0.2, 0) is 0 Å². The summed E-state index contributed by atoms with van der Waals surface area (Å²) in [5, 5.41) is 10.5. The summed E-state index contributed by atoms with van der Waals surface area (Å²) in [7, 11) is -1.45. The van der Waals surface area contributed by atoms with E-state index in [1.165, 1.54) is 12.1 Å². The van der Waals surface area contributed by atoms with Crippen LogP contribution in [0.4, 0.5) is 11.4 Å². The second-order valence-corrected chi connectivity index (χ2v) is 9.28. The minimum absolute atomic E-state index is 0.00365. The number of nitro groups is 1. The van der Waals surface area contributed by atoms with E-state index in [1.54, 1.807) is 6.07 Å². The first kappa shape index (κ1) is 16.2. The molecule has 0 aliphatic rings. The zero-order valence-electron chi connectivity index (χ0n) is 11.6. The zero-order valence-corrected chi connectivity index (χ0v) is 12.6. The molecule has 0 atom stereocenters. The average Bonchev–Trinajstić information content (AvgIpc) is 2.28. The van der Waals surface area contributed by atoms with Crippen LogP contribution in [0.5, 0.6) is 0 Å². The van der Waals surface area contributed by atoms with Crippen LogP contribution in [0.2, 0.25) is 19.6 Å². The third-order valence-electron chi connectivity index (χ3n) is 1.82. The number of nitrogens with zero attached hydrogens (tertiary/aromatic N) is 1. The summed E-state index contributed by atoms with van der Waals surface area (Å²) in [5.74, 6) is 2.98. The van der Waals surface area contributed by atoms with Gasteiger partial charge in [0.05, 0.1) is 10.6 Å². The second-order valence-electron chi connectivity index (χ2n) is 4.53. The van der Waals surface area contributed by atoms with Gasteiger partial charge in [0.2, 0.25) is 0 Å². The summed E-state index contributed by atoms with van der Waals surface area (Å²) in [4.78, 5) is 10.0. The first-order valence-corrected chi connectivity index (χ1v) is 9.37. The Hall–Kier alpha value is -1.80. The van der Waals surface area contributed by atoms with E-state index >= 15 is 0 Å². The predicted octanol–water partition coefficient (Wildman–Crippen LogP) is 3.43. The molecule has 0 spiro atoms. The first-order valence-electron chi connectivity index (χ1n) is 5.87. The lowest BCUT2D eigenvalue weighted by Gasteiger charge is -2.04. The molecule has 1 rings (SSSR count). The minimum Gasteiger partial charge on any atom is -0.398 e. The van der Waals surface area contributed by atoms with Crippen molar-refractivity contribution in [2.45, 2.75) is 33.5 Å². The molecular weight excluding hydrogens is 244 g/mol. The van der Waals surface area contributed by atoms with Crippen molar-refractivity contribution in [2.24, 2.45) is 0 Å². The molecule has 4 nitrogen and oxygen atoms in total. The van der Waals surface area contributed by atoms with Crippen molar-refractivity contribution in [3.63, 3.8) is 0 Å². The molecule has 0 bridgehead atoms. The van der Waals surface area contributed by atoms with Crippen molar-refractivity contribution >= 4 is 19.4 Å². The highest BCUT2D eigenvalue weighted by Crippen LogP contribution is 2.19. The molecule has 0 aliphatic carbocycles. The first-order chi connectivity index (χ1) is 8.29. The highest BCUT2D eigenvalue weighted by atomic mass is 28.3. The van der Waals surface area contributed by atoms with Crippen molar-refractivity contribution in [3.05, 3.63) is 33.9 Å². The molecule has 98 valence electrons. The third-order valence-corrected chi connectivity index (χ3v) is 2.69. The van der Waals surface area contributed by atoms with Crippen LogP contribution < -0.4 is 5.73 Å². The lowest BCUT2D eigenvalue weighted by molar-refractivity contribution is -0.384. The van der Waals surface area contributed by atoms with Crippen LogP contribution in [0.25, 0.3) is 0 Å². The van der Waals surface area contributed by atoms with Crippen LogP contribution in [0.15, 0.2) is 18.2 Å². The maximum absolute atomic E-state index is 10.5. The van der Waals surface area contributed by atoms with E-state index in [0.29, 0.717) is 11.3 Å². The fraction of sp³-hybridized carbons (Fsp3) is 0.385. The highest BCUT2D eigenvalue weighted by Gasteiger charge is 2.09. The van der Waals surface area contributed by atoms with Gasteiger partial charge >= 0.3 is 0 Å². The van der Waals surface area contributed by atoms with E-state index in [2.05, 4.69) is 31.1 Å². The molecule has 0 fully saturated rings. The largest absolute Gasteiger partial charge is 0.398 e. The van der Waals surface area contributed by atoms with Crippen molar-refractivity contribution in [2.75, 3.05) is 5.73 Å². The number of nitrogen functional groups attached to an aromatic ring is 1. The van der Waals surface area contributed by atoms with Crippen LogP contribution in [0.3, 0.4) is 0 Å². The molecule has 0 radical (unpaired) electrons. The minimum atomic E-state index is -1.45. The number of benzene rings is 1. The summed E-state index contributed by atoms with van der Waals surface area (Å²) < 4.78 is 0. The lowest BCUT2D eigenvalue weighted by atomic mass is 10.2. The average molecular weight is 264 g/mol. The summed E-state index contributed by atoms with van der Waals surface area (Å²) in [6.45, 7) is 10.4. The Kier molecular flexibility index (Phi) is 6.13. The molecule has 2 N–H and O–H groups in total. The molecule has 0 aromatic heterocycles. The summed E-state index contributed by atoms with van der Waals surface area (Å²) >= 11 is 0. The number of nitrogens with two attached hydrogens (primary N) is 1. The molecule has 1 aromatic carbocycles. The number of hydrogen-bond donors (Lipinski definition) is 1. The van der Waals surface area contributed by atoms with E-state index in [4.69, 9.17) is 5.73 Å². The topological polar surface area (TPSA) is 69.2 Å². The smallest absolute Gasteiger partial charge is 0.271 e. The van der Waals surface area contributed by atoms with E-state index in [-0.39, 0.29) is 5.69 Å². The molecule has 0 saturated heterocycles. The Labute approximate surface area is 109 Å². The molecule has 5 heteroatoms. The van der Waals surface area contributed by atoms with Crippen LogP contribution in [0, 0.1) is 21.6 Å².